The number of hydrogen-bond acceptors (Lipinski definition) is 6. The van der Waals surface area contributed by atoms with Crippen molar-refractivity contribution in [2.45, 2.75) is 31.8 Å². The van der Waals surface area contributed by atoms with Crippen LogP contribution in [0.15, 0.2) is 11.4 Å². The number of anilines is 1. The van der Waals surface area contributed by atoms with Crippen molar-refractivity contribution in [2.75, 3.05) is 11.9 Å². The van der Waals surface area contributed by atoms with E-state index in [1.54, 1.807) is 6.07 Å². The summed E-state index contributed by atoms with van der Waals surface area (Å²) in [5.41, 5.74) is 3.25. The largest absolute Gasteiger partial charge is 0.376 e. The van der Waals surface area contributed by atoms with Gasteiger partial charge in [0, 0.05) is 23.3 Å². The highest BCUT2D eigenvalue weighted by atomic mass is 32.1. The second-order valence-electron chi connectivity index (χ2n) is 5.31. The molecular weight excluding hydrogens is 288 g/mol. The molecule has 2 aromatic heterocycles. The predicted molar refractivity (Wildman–Crippen MR) is 77.4 cm³/mol. The maximum atomic E-state index is 12.2. The second-order valence-corrected chi connectivity index (χ2v) is 6.17. The van der Waals surface area contributed by atoms with E-state index in [-0.39, 0.29) is 5.91 Å². The first-order chi connectivity index (χ1) is 10.3. The second kappa shape index (κ2) is 5.16. The summed E-state index contributed by atoms with van der Waals surface area (Å²) in [6.45, 7) is 1.16. The molecule has 6 nitrogen and oxygen atoms in total. The standard InChI is InChI=1S/C14H14N4O2S/c19-13(16-14-15-12(7-21-14)8-1-2-8)11-5-9-6-20-4-3-10(9)17-18-11/h5,7-8H,1-4,6H2,(H,15,16,19). The maximum Gasteiger partial charge on any atom is 0.277 e. The fourth-order valence-corrected chi connectivity index (χ4v) is 3.11. The highest BCUT2D eigenvalue weighted by Crippen LogP contribution is 2.40. The number of thiazole rings is 1. The lowest BCUT2D eigenvalue weighted by Crippen LogP contribution is -2.19. The van der Waals surface area contributed by atoms with Crippen LogP contribution in [0.4, 0.5) is 5.13 Å². The monoisotopic (exact) mass is 302 g/mol. The number of nitrogens with one attached hydrogen (secondary N) is 1. The number of hydrogen-bond donors (Lipinski definition) is 1. The summed E-state index contributed by atoms with van der Waals surface area (Å²) < 4.78 is 5.38. The van der Waals surface area contributed by atoms with Gasteiger partial charge in [-0.25, -0.2) is 4.98 Å². The first-order valence-corrected chi connectivity index (χ1v) is 7.87. The Hall–Kier alpha value is -1.86. The van der Waals surface area contributed by atoms with Gasteiger partial charge in [0.25, 0.3) is 5.91 Å². The van der Waals surface area contributed by atoms with E-state index in [1.807, 2.05) is 5.38 Å². The van der Waals surface area contributed by atoms with Crippen molar-refractivity contribution >= 4 is 22.4 Å². The van der Waals surface area contributed by atoms with E-state index >= 15 is 0 Å². The Morgan fingerprint density at radius 2 is 2.29 bits per heavy atom. The number of carbonyl (C=O) groups is 1. The average Bonchev–Trinajstić information content (AvgIpc) is 3.27. The molecule has 0 atom stereocenters. The Morgan fingerprint density at radius 3 is 3.14 bits per heavy atom. The minimum atomic E-state index is -0.271. The summed E-state index contributed by atoms with van der Waals surface area (Å²) in [5.74, 6) is 0.320. The van der Waals surface area contributed by atoms with Crippen LogP contribution in [-0.2, 0) is 17.8 Å². The Bertz CT molecular complexity index is 696. The fraction of sp³-hybridized carbons (Fsp3) is 0.429. The molecule has 4 rings (SSSR count). The third kappa shape index (κ3) is 2.66. The Labute approximate surface area is 125 Å². The lowest BCUT2D eigenvalue weighted by molar-refractivity contribution is 0.101. The van der Waals surface area contributed by atoms with Crippen molar-refractivity contribution in [1.82, 2.24) is 15.2 Å². The molecule has 7 heteroatoms. The van der Waals surface area contributed by atoms with Gasteiger partial charge in [0.15, 0.2) is 10.8 Å². The Balaban J connectivity index is 1.50. The molecule has 0 saturated heterocycles. The maximum absolute atomic E-state index is 12.2. The number of carbonyl (C=O) groups excluding carboxylic acids is 1. The number of aromatic nitrogens is 3. The van der Waals surface area contributed by atoms with Gasteiger partial charge in [-0.15, -0.1) is 16.4 Å². The van der Waals surface area contributed by atoms with Gasteiger partial charge < -0.3 is 4.74 Å². The highest BCUT2D eigenvalue weighted by molar-refractivity contribution is 7.14. The predicted octanol–water partition coefficient (Wildman–Crippen LogP) is 2.14. The van der Waals surface area contributed by atoms with E-state index in [4.69, 9.17) is 4.74 Å². The van der Waals surface area contributed by atoms with Crippen LogP contribution < -0.4 is 5.32 Å². The number of rotatable bonds is 3. The Morgan fingerprint density at radius 1 is 1.38 bits per heavy atom. The van der Waals surface area contributed by atoms with Crippen LogP contribution in [0, 0.1) is 0 Å². The highest BCUT2D eigenvalue weighted by Gasteiger charge is 2.26. The molecule has 0 radical (unpaired) electrons. The number of amides is 1. The number of ether oxygens (including phenoxy) is 1. The van der Waals surface area contributed by atoms with Crippen LogP contribution in [-0.4, -0.2) is 27.7 Å². The van der Waals surface area contributed by atoms with Crippen LogP contribution in [0.1, 0.15) is 46.2 Å². The molecular formula is C14H14N4O2S. The quantitative estimate of drug-likeness (QED) is 0.940. The number of nitrogens with zero attached hydrogens (tertiary/aromatic N) is 3. The summed E-state index contributed by atoms with van der Waals surface area (Å²) in [4.78, 5) is 16.6. The van der Waals surface area contributed by atoms with Crippen molar-refractivity contribution in [1.29, 1.82) is 0 Å². The molecule has 1 saturated carbocycles. The van der Waals surface area contributed by atoms with Crippen molar-refractivity contribution in [2.24, 2.45) is 0 Å². The number of fused-ring (bicyclic) bond motifs is 1. The summed E-state index contributed by atoms with van der Waals surface area (Å²) >= 11 is 1.45. The van der Waals surface area contributed by atoms with E-state index in [0.717, 1.165) is 23.4 Å². The summed E-state index contributed by atoms with van der Waals surface area (Å²) in [5, 5.41) is 13.5. The van der Waals surface area contributed by atoms with Gasteiger partial charge in [-0.3, -0.25) is 10.1 Å². The summed E-state index contributed by atoms with van der Waals surface area (Å²) in [6, 6.07) is 1.76. The molecule has 0 spiro atoms. The molecule has 1 N–H and O–H groups in total. The minimum Gasteiger partial charge on any atom is -0.376 e. The zero-order valence-electron chi connectivity index (χ0n) is 11.3. The summed E-state index contributed by atoms with van der Waals surface area (Å²) in [7, 11) is 0. The first-order valence-electron chi connectivity index (χ1n) is 6.99. The molecule has 1 aliphatic carbocycles. The molecule has 2 aromatic rings. The van der Waals surface area contributed by atoms with Crippen LogP contribution in [0.2, 0.25) is 0 Å². The van der Waals surface area contributed by atoms with Crippen molar-refractivity contribution in [3.63, 3.8) is 0 Å². The lowest BCUT2D eigenvalue weighted by atomic mass is 10.1. The molecule has 21 heavy (non-hydrogen) atoms. The Kier molecular flexibility index (Phi) is 3.16. The molecule has 0 aromatic carbocycles. The van der Waals surface area contributed by atoms with Gasteiger partial charge >= 0.3 is 0 Å². The molecule has 2 aliphatic rings. The van der Waals surface area contributed by atoms with Gasteiger partial charge in [0.05, 0.1) is 24.6 Å². The van der Waals surface area contributed by atoms with Crippen LogP contribution >= 0.6 is 11.3 Å². The van der Waals surface area contributed by atoms with Gasteiger partial charge in [-0.1, -0.05) is 0 Å². The topological polar surface area (TPSA) is 77.0 Å². The van der Waals surface area contributed by atoms with Gasteiger partial charge in [0.1, 0.15) is 0 Å². The van der Waals surface area contributed by atoms with Gasteiger partial charge in [0.2, 0.25) is 0 Å². The van der Waals surface area contributed by atoms with E-state index in [9.17, 15) is 4.79 Å². The van der Waals surface area contributed by atoms with E-state index in [2.05, 4.69) is 20.5 Å². The third-order valence-corrected chi connectivity index (χ3v) is 4.45. The molecule has 0 unspecified atom stereocenters. The molecule has 0 bridgehead atoms. The summed E-state index contributed by atoms with van der Waals surface area (Å²) in [6.07, 6.45) is 3.16. The smallest absolute Gasteiger partial charge is 0.277 e. The fourth-order valence-electron chi connectivity index (χ4n) is 2.32. The minimum absolute atomic E-state index is 0.271. The zero-order chi connectivity index (χ0) is 14.2. The van der Waals surface area contributed by atoms with Crippen LogP contribution in [0.3, 0.4) is 0 Å². The van der Waals surface area contributed by atoms with Crippen molar-refractivity contribution in [3.8, 4) is 0 Å². The van der Waals surface area contributed by atoms with Crippen LogP contribution in [0.25, 0.3) is 0 Å². The van der Waals surface area contributed by atoms with E-state index in [1.165, 1.54) is 24.2 Å². The molecule has 1 fully saturated rings. The van der Waals surface area contributed by atoms with Crippen molar-refractivity contribution in [3.05, 3.63) is 34.1 Å². The van der Waals surface area contributed by atoms with Gasteiger partial charge in [-0.05, 0) is 18.9 Å². The third-order valence-electron chi connectivity index (χ3n) is 3.67. The lowest BCUT2D eigenvalue weighted by Gasteiger charge is -2.14. The molecule has 108 valence electrons. The molecule has 1 aliphatic heterocycles. The zero-order valence-corrected chi connectivity index (χ0v) is 12.2. The van der Waals surface area contributed by atoms with E-state index in [0.29, 0.717) is 30.0 Å². The van der Waals surface area contributed by atoms with Crippen molar-refractivity contribution < 1.29 is 9.53 Å². The molecule has 3 heterocycles. The van der Waals surface area contributed by atoms with Crippen LogP contribution in [0.5, 0.6) is 0 Å². The molecule has 1 amide bonds. The first kappa shape index (κ1) is 12.8. The van der Waals surface area contributed by atoms with E-state index < -0.39 is 0 Å². The average molecular weight is 302 g/mol. The SMILES string of the molecule is O=C(Nc1nc(C2CC2)cs1)c1cc2c(nn1)CCOC2. The normalized spacial score (nSPS) is 17.3. The van der Waals surface area contributed by atoms with Gasteiger partial charge in [-0.2, -0.15) is 5.10 Å².